The number of benzene rings is 4. The second-order valence-electron chi connectivity index (χ2n) is 10.2. The highest BCUT2D eigenvalue weighted by Gasteiger charge is 2.35. The van der Waals surface area contributed by atoms with Gasteiger partial charge in [-0.15, -0.1) is 11.8 Å². The highest BCUT2D eigenvalue weighted by molar-refractivity contribution is 7.98. The molecule has 4 rings (SSSR count). The van der Waals surface area contributed by atoms with Crippen LogP contribution in [0.5, 0.6) is 5.75 Å². The first-order valence-corrected chi connectivity index (χ1v) is 17.9. The molecule has 1 N–H and O–H groups in total. The van der Waals surface area contributed by atoms with Crippen molar-refractivity contribution in [1.29, 1.82) is 0 Å². The Morgan fingerprint density at radius 1 is 0.891 bits per heavy atom. The summed E-state index contributed by atoms with van der Waals surface area (Å²) in [7, 11) is -2.76. The van der Waals surface area contributed by atoms with E-state index in [2.05, 4.69) is 5.32 Å². The average molecular weight is 701 g/mol. The molecule has 0 fully saturated rings. The Kier molecular flexibility index (Phi) is 12.4. The Hall–Kier alpha value is -3.70. The Balaban J connectivity index is 1.81. The summed E-state index contributed by atoms with van der Waals surface area (Å²) < 4.78 is 35.0. The quantitative estimate of drug-likeness (QED) is 0.147. The lowest BCUT2D eigenvalue weighted by atomic mass is 10.0. The van der Waals surface area contributed by atoms with Crippen molar-refractivity contribution >= 4 is 62.5 Å². The Bertz CT molecular complexity index is 1720. The van der Waals surface area contributed by atoms with Gasteiger partial charge in [0.15, 0.2) is 0 Å². The van der Waals surface area contributed by atoms with Crippen molar-refractivity contribution in [2.45, 2.75) is 35.7 Å². The summed E-state index contributed by atoms with van der Waals surface area (Å²) in [6.45, 7) is 1.54. The molecule has 0 saturated carbocycles. The lowest BCUT2D eigenvalue weighted by molar-refractivity contribution is -0.139. The van der Waals surface area contributed by atoms with Gasteiger partial charge in [-0.25, -0.2) is 8.42 Å². The average Bonchev–Trinajstić information content (AvgIpc) is 3.07. The molecule has 12 heteroatoms. The number of halogens is 2. The van der Waals surface area contributed by atoms with Crippen LogP contribution in [-0.4, -0.2) is 57.6 Å². The van der Waals surface area contributed by atoms with Gasteiger partial charge in [0.25, 0.3) is 10.0 Å². The van der Waals surface area contributed by atoms with E-state index in [0.717, 1.165) is 14.8 Å². The molecular weight excluding hydrogens is 665 g/mol. The minimum absolute atomic E-state index is 0.0137. The van der Waals surface area contributed by atoms with Crippen LogP contribution in [0, 0.1) is 0 Å². The van der Waals surface area contributed by atoms with Crippen LogP contribution in [0.2, 0.25) is 10.0 Å². The van der Waals surface area contributed by atoms with Crippen molar-refractivity contribution in [3.63, 3.8) is 0 Å². The lowest BCUT2D eigenvalue weighted by Gasteiger charge is -2.34. The van der Waals surface area contributed by atoms with Crippen molar-refractivity contribution < 1.29 is 22.7 Å². The zero-order chi connectivity index (χ0) is 33.3. The highest BCUT2D eigenvalue weighted by atomic mass is 35.5. The fraction of sp³-hybridized carbons (Fsp3) is 0.235. The largest absolute Gasteiger partial charge is 0.494 e. The van der Waals surface area contributed by atoms with Crippen LogP contribution < -0.4 is 14.4 Å². The number of carbonyl (C=O) groups excluding carboxylic acids is 2. The molecule has 0 aromatic heterocycles. The number of nitrogens with zero attached hydrogens (tertiary/aromatic N) is 2. The summed E-state index contributed by atoms with van der Waals surface area (Å²) in [5.41, 5.74) is 1.49. The molecule has 0 heterocycles. The van der Waals surface area contributed by atoms with Crippen LogP contribution in [-0.2, 0) is 32.6 Å². The topological polar surface area (TPSA) is 96.0 Å². The predicted molar refractivity (Wildman–Crippen MR) is 185 cm³/mol. The fourth-order valence-electron chi connectivity index (χ4n) is 4.85. The van der Waals surface area contributed by atoms with Gasteiger partial charge in [-0.3, -0.25) is 13.9 Å². The first kappa shape index (κ1) is 35.2. The Labute approximate surface area is 284 Å². The maximum absolute atomic E-state index is 14.5. The molecule has 0 aliphatic rings. The van der Waals surface area contributed by atoms with Gasteiger partial charge >= 0.3 is 0 Å². The van der Waals surface area contributed by atoms with E-state index in [9.17, 15) is 18.0 Å². The lowest BCUT2D eigenvalue weighted by Crippen LogP contribution is -2.53. The molecule has 0 unspecified atom stereocenters. The first-order valence-electron chi connectivity index (χ1n) is 14.5. The maximum atomic E-state index is 14.5. The van der Waals surface area contributed by atoms with Gasteiger partial charge < -0.3 is 15.0 Å². The second-order valence-corrected chi connectivity index (χ2v) is 13.7. The van der Waals surface area contributed by atoms with E-state index >= 15 is 0 Å². The molecule has 242 valence electrons. The van der Waals surface area contributed by atoms with Crippen LogP contribution >= 0.6 is 35.0 Å². The van der Waals surface area contributed by atoms with Crippen molar-refractivity contribution in [3.05, 3.63) is 118 Å². The molecule has 4 aromatic carbocycles. The monoisotopic (exact) mass is 699 g/mol. The summed E-state index contributed by atoms with van der Waals surface area (Å²) in [5.74, 6) is -0.501. The molecule has 0 aliphatic heterocycles. The zero-order valence-electron chi connectivity index (χ0n) is 25.7. The number of carbonyl (C=O) groups is 2. The van der Waals surface area contributed by atoms with E-state index in [-0.39, 0.29) is 23.5 Å². The summed E-state index contributed by atoms with van der Waals surface area (Å²) in [6.07, 6.45) is 2.06. The molecule has 4 aromatic rings. The molecular formula is C34H35Cl2N3O5S2. The number of nitrogens with one attached hydrogen (secondary N) is 1. The molecule has 8 nitrogen and oxygen atoms in total. The van der Waals surface area contributed by atoms with Crippen LogP contribution in [0.4, 0.5) is 5.69 Å². The number of ether oxygens (including phenoxy) is 1. The van der Waals surface area contributed by atoms with Gasteiger partial charge in [0.05, 0.1) is 17.2 Å². The third-order valence-electron chi connectivity index (χ3n) is 7.27. The number of likely N-dealkylation sites (N-methyl/N-ethyl adjacent to an activating group) is 1. The van der Waals surface area contributed by atoms with Crippen molar-refractivity contribution in [3.8, 4) is 5.75 Å². The van der Waals surface area contributed by atoms with Crippen molar-refractivity contribution in [1.82, 2.24) is 10.2 Å². The third kappa shape index (κ3) is 8.55. The minimum atomic E-state index is -4.25. The van der Waals surface area contributed by atoms with Crippen LogP contribution in [0.3, 0.4) is 0 Å². The summed E-state index contributed by atoms with van der Waals surface area (Å²) in [5, 5.41) is 3.28. The number of anilines is 1. The van der Waals surface area contributed by atoms with Gasteiger partial charge in [0.2, 0.25) is 11.8 Å². The molecule has 0 bridgehead atoms. The number of amides is 2. The molecule has 0 saturated heterocycles. The number of sulfonamides is 1. The highest BCUT2D eigenvalue weighted by Crippen LogP contribution is 2.30. The molecule has 0 spiro atoms. The third-order valence-corrected chi connectivity index (χ3v) is 10.5. The number of hydrogen-bond acceptors (Lipinski definition) is 6. The van der Waals surface area contributed by atoms with E-state index < -0.39 is 34.4 Å². The Morgan fingerprint density at radius 3 is 2.09 bits per heavy atom. The number of thioether (sulfide) groups is 1. The van der Waals surface area contributed by atoms with Crippen molar-refractivity contribution in [2.75, 3.05) is 30.8 Å². The van der Waals surface area contributed by atoms with Crippen molar-refractivity contribution in [2.24, 2.45) is 0 Å². The zero-order valence-corrected chi connectivity index (χ0v) is 28.8. The summed E-state index contributed by atoms with van der Waals surface area (Å²) in [4.78, 5) is 30.2. The van der Waals surface area contributed by atoms with E-state index in [1.54, 1.807) is 54.6 Å². The normalized spacial score (nSPS) is 11.8. The SMILES string of the molecule is CCOc1ccc(N(CC(=O)N(Cc2c(Cl)cccc2Cl)[C@H](Cc2ccccc2)C(=O)NC)S(=O)(=O)c2ccc(SC)cc2)cc1. The van der Waals surface area contributed by atoms with Gasteiger partial charge in [-0.2, -0.15) is 0 Å². The summed E-state index contributed by atoms with van der Waals surface area (Å²) >= 11 is 14.5. The standard InChI is InChI=1S/C34H35Cl2N3O5S2/c1-4-44-26-15-13-25(14-16-26)39(46(42,43)28-19-17-27(45-3)18-20-28)23-33(40)38(22-29-30(35)11-8-12-31(29)36)32(34(41)37-2)21-24-9-6-5-7-10-24/h5-20,32H,4,21-23H2,1-3H3,(H,37,41)/t32-/m1/s1. The summed E-state index contributed by atoms with van der Waals surface area (Å²) in [6, 6.07) is 26.1. The van der Waals surface area contributed by atoms with E-state index in [0.29, 0.717) is 28.0 Å². The molecule has 46 heavy (non-hydrogen) atoms. The Morgan fingerprint density at radius 2 is 1.52 bits per heavy atom. The number of hydrogen-bond donors (Lipinski definition) is 1. The molecule has 0 radical (unpaired) electrons. The number of rotatable bonds is 14. The molecule has 1 atom stereocenters. The van der Waals surface area contributed by atoms with Gasteiger partial charge in [-0.1, -0.05) is 59.6 Å². The smallest absolute Gasteiger partial charge is 0.264 e. The minimum Gasteiger partial charge on any atom is -0.494 e. The van der Waals surface area contributed by atoms with E-state index in [4.69, 9.17) is 27.9 Å². The maximum Gasteiger partial charge on any atom is 0.264 e. The predicted octanol–water partition coefficient (Wildman–Crippen LogP) is 6.70. The van der Waals surface area contributed by atoms with Gasteiger partial charge in [0.1, 0.15) is 18.3 Å². The van der Waals surface area contributed by atoms with Crippen LogP contribution in [0.15, 0.2) is 107 Å². The molecule has 0 aliphatic carbocycles. The van der Waals surface area contributed by atoms with E-state index in [1.165, 1.54) is 35.8 Å². The first-order chi connectivity index (χ1) is 22.1. The fourth-order valence-corrected chi connectivity index (χ4v) is 7.19. The second kappa shape index (κ2) is 16.2. The molecule has 2 amide bonds. The van der Waals surface area contributed by atoms with Gasteiger partial charge in [0, 0.05) is 40.5 Å². The van der Waals surface area contributed by atoms with Crippen LogP contribution in [0.1, 0.15) is 18.1 Å². The van der Waals surface area contributed by atoms with E-state index in [1.807, 2.05) is 43.5 Å². The van der Waals surface area contributed by atoms with Crippen LogP contribution in [0.25, 0.3) is 0 Å². The van der Waals surface area contributed by atoms with Gasteiger partial charge in [-0.05, 0) is 79.4 Å².